The normalized spacial score (nSPS) is 23.3. The summed E-state index contributed by atoms with van der Waals surface area (Å²) in [7, 11) is -1.84. The first-order chi connectivity index (χ1) is 12.6. The van der Waals surface area contributed by atoms with E-state index in [0.717, 1.165) is 25.0 Å². The fraction of sp³-hybridized carbons (Fsp3) is 0.450. The molecule has 1 fully saturated rings. The molecule has 2 atom stereocenters. The molecule has 2 aliphatic rings. The van der Waals surface area contributed by atoms with Gasteiger partial charge in [-0.3, -0.25) is 4.98 Å². The number of pyridine rings is 1. The molecule has 0 amide bonds. The monoisotopic (exact) mass is 372 g/mol. The van der Waals surface area contributed by atoms with Crippen molar-refractivity contribution in [3.63, 3.8) is 0 Å². The summed E-state index contributed by atoms with van der Waals surface area (Å²) in [5.41, 5.74) is 3.40. The molecule has 0 unspecified atom stereocenters. The Balaban J connectivity index is 1.62. The van der Waals surface area contributed by atoms with Crippen molar-refractivity contribution in [3.05, 3.63) is 59.4 Å². The molecule has 1 aromatic heterocycles. The molecular formula is C20H24N2O3S. The van der Waals surface area contributed by atoms with Crippen LogP contribution in [0.25, 0.3) is 0 Å². The maximum absolute atomic E-state index is 13.2. The Labute approximate surface area is 155 Å². The van der Waals surface area contributed by atoms with E-state index in [1.165, 1.54) is 11.1 Å². The lowest BCUT2D eigenvalue weighted by molar-refractivity contribution is 0.150. The summed E-state index contributed by atoms with van der Waals surface area (Å²) in [6.07, 6.45) is 4.90. The number of methoxy groups -OCH3 is 1. The molecule has 26 heavy (non-hydrogen) atoms. The molecule has 1 aromatic carbocycles. The van der Waals surface area contributed by atoms with Gasteiger partial charge in [-0.1, -0.05) is 12.1 Å². The summed E-state index contributed by atoms with van der Waals surface area (Å²) in [5.74, 6) is 0.166. The molecule has 2 heterocycles. The summed E-state index contributed by atoms with van der Waals surface area (Å²) in [4.78, 5) is 4.87. The number of rotatable bonds is 5. The number of aryl methyl sites for hydroxylation is 2. The molecule has 0 saturated carbocycles. The largest absolute Gasteiger partial charge is 0.384 e. The number of aromatic nitrogens is 1. The van der Waals surface area contributed by atoms with Gasteiger partial charge in [0.1, 0.15) is 0 Å². The quantitative estimate of drug-likeness (QED) is 0.810. The number of sulfonamides is 1. The van der Waals surface area contributed by atoms with E-state index in [1.807, 2.05) is 30.3 Å². The molecule has 138 valence electrons. The van der Waals surface area contributed by atoms with Crippen LogP contribution in [-0.4, -0.2) is 44.5 Å². The molecule has 1 aliphatic carbocycles. The predicted molar refractivity (Wildman–Crippen MR) is 99.6 cm³/mol. The molecule has 0 bridgehead atoms. The van der Waals surface area contributed by atoms with Crippen LogP contribution < -0.4 is 0 Å². The van der Waals surface area contributed by atoms with Gasteiger partial charge in [-0.25, -0.2) is 8.42 Å². The summed E-state index contributed by atoms with van der Waals surface area (Å²) in [5, 5.41) is 0. The number of nitrogens with zero attached hydrogens (tertiary/aromatic N) is 2. The second kappa shape index (κ2) is 7.10. The van der Waals surface area contributed by atoms with E-state index in [2.05, 4.69) is 4.98 Å². The summed E-state index contributed by atoms with van der Waals surface area (Å²) in [6.45, 7) is 1.44. The zero-order chi connectivity index (χ0) is 18.1. The van der Waals surface area contributed by atoms with Gasteiger partial charge in [0, 0.05) is 43.9 Å². The van der Waals surface area contributed by atoms with Crippen molar-refractivity contribution in [2.45, 2.75) is 30.1 Å². The van der Waals surface area contributed by atoms with E-state index in [0.29, 0.717) is 24.6 Å². The van der Waals surface area contributed by atoms with Gasteiger partial charge in [0.05, 0.1) is 11.5 Å². The van der Waals surface area contributed by atoms with Crippen LogP contribution in [0.4, 0.5) is 0 Å². The average molecular weight is 372 g/mol. The first-order valence-corrected chi connectivity index (χ1v) is 10.6. The SMILES string of the molecule is COC[C@@H]1CN(S(=O)(=O)c2ccc3c(c2)CCC3)C[C@H]1c1ccccn1. The topological polar surface area (TPSA) is 59.5 Å². The van der Waals surface area contributed by atoms with Crippen LogP contribution in [-0.2, 0) is 27.6 Å². The van der Waals surface area contributed by atoms with Gasteiger partial charge >= 0.3 is 0 Å². The van der Waals surface area contributed by atoms with Crippen molar-refractivity contribution in [3.8, 4) is 0 Å². The highest BCUT2D eigenvalue weighted by Crippen LogP contribution is 2.35. The molecule has 5 nitrogen and oxygen atoms in total. The lowest BCUT2D eigenvalue weighted by Crippen LogP contribution is -2.29. The predicted octanol–water partition coefficient (Wildman–Crippen LogP) is 2.62. The minimum Gasteiger partial charge on any atom is -0.384 e. The number of ether oxygens (including phenoxy) is 1. The van der Waals surface area contributed by atoms with Crippen molar-refractivity contribution in [2.75, 3.05) is 26.8 Å². The summed E-state index contributed by atoms with van der Waals surface area (Å²) < 4.78 is 33.4. The zero-order valence-corrected chi connectivity index (χ0v) is 15.8. The molecule has 4 rings (SSSR count). The van der Waals surface area contributed by atoms with Crippen molar-refractivity contribution in [2.24, 2.45) is 5.92 Å². The van der Waals surface area contributed by atoms with Gasteiger partial charge in [0.15, 0.2) is 0 Å². The number of fused-ring (bicyclic) bond motifs is 1. The van der Waals surface area contributed by atoms with E-state index >= 15 is 0 Å². The summed E-state index contributed by atoms with van der Waals surface area (Å²) >= 11 is 0. The first-order valence-electron chi connectivity index (χ1n) is 9.11. The van der Waals surface area contributed by atoms with Crippen molar-refractivity contribution in [1.82, 2.24) is 9.29 Å². The Morgan fingerprint density at radius 1 is 1.15 bits per heavy atom. The van der Waals surface area contributed by atoms with E-state index in [4.69, 9.17) is 4.74 Å². The maximum atomic E-state index is 13.2. The van der Waals surface area contributed by atoms with Gasteiger partial charge in [-0.05, 0) is 54.7 Å². The van der Waals surface area contributed by atoms with Crippen LogP contribution in [0.2, 0.25) is 0 Å². The smallest absolute Gasteiger partial charge is 0.243 e. The Kier molecular flexibility index (Phi) is 4.82. The minimum atomic E-state index is -3.50. The molecule has 0 N–H and O–H groups in total. The van der Waals surface area contributed by atoms with Crippen LogP contribution >= 0.6 is 0 Å². The van der Waals surface area contributed by atoms with Gasteiger partial charge in [-0.15, -0.1) is 0 Å². The third-order valence-corrected chi connectivity index (χ3v) is 7.39. The van der Waals surface area contributed by atoms with Gasteiger partial charge < -0.3 is 4.74 Å². The van der Waals surface area contributed by atoms with Crippen LogP contribution in [0.1, 0.15) is 29.2 Å². The summed E-state index contributed by atoms with van der Waals surface area (Å²) in [6, 6.07) is 11.4. The third kappa shape index (κ3) is 3.17. The molecule has 0 radical (unpaired) electrons. The highest BCUT2D eigenvalue weighted by atomic mass is 32.2. The highest BCUT2D eigenvalue weighted by Gasteiger charge is 2.40. The maximum Gasteiger partial charge on any atom is 0.243 e. The fourth-order valence-electron chi connectivity index (χ4n) is 4.20. The number of benzene rings is 1. The van der Waals surface area contributed by atoms with Gasteiger partial charge in [0.2, 0.25) is 10.0 Å². The van der Waals surface area contributed by atoms with Crippen LogP contribution in [0, 0.1) is 5.92 Å². The van der Waals surface area contributed by atoms with Gasteiger partial charge in [0.25, 0.3) is 0 Å². The lowest BCUT2D eigenvalue weighted by Gasteiger charge is -2.17. The molecule has 2 aromatic rings. The Morgan fingerprint density at radius 2 is 2.00 bits per heavy atom. The van der Waals surface area contributed by atoms with E-state index in [1.54, 1.807) is 23.7 Å². The Bertz CT molecular complexity index is 883. The second-order valence-corrected chi connectivity index (χ2v) is 9.12. The van der Waals surface area contributed by atoms with E-state index in [-0.39, 0.29) is 11.8 Å². The van der Waals surface area contributed by atoms with Crippen molar-refractivity contribution < 1.29 is 13.2 Å². The fourth-order valence-corrected chi connectivity index (χ4v) is 5.77. The molecule has 0 spiro atoms. The molecule has 1 aliphatic heterocycles. The Hall–Kier alpha value is -1.76. The zero-order valence-electron chi connectivity index (χ0n) is 15.0. The number of hydrogen-bond donors (Lipinski definition) is 0. The third-order valence-electron chi connectivity index (χ3n) is 5.56. The van der Waals surface area contributed by atoms with Crippen LogP contribution in [0.3, 0.4) is 0 Å². The first kappa shape index (κ1) is 17.6. The molecular weight excluding hydrogens is 348 g/mol. The molecule has 6 heteroatoms. The van der Waals surface area contributed by atoms with Crippen LogP contribution in [0.15, 0.2) is 47.5 Å². The lowest BCUT2D eigenvalue weighted by atomic mass is 9.93. The highest BCUT2D eigenvalue weighted by molar-refractivity contribution is 7.89. The van der Waals surface area contributed by atoms with Crippen molar-refractivity contribution in [1.29, 1.82) is 0 Å². The van der Waals surface area contributed by atoms with Crippen LogP contribution in [0.5, 0.6) is 0 Å². The molecule has 1 saturated heterocycles. The van der Waals surface area contributed by atoms with Crippen molar-refractivity contribution >= 4 is 10.0 Å². The average Bonchev–Trinajstić information content (AvgIpc) is 3.29. The van der Waals surface area contributed by atoms with E-state index in [9.17, 15) is 8.42 Å². The van der Waals surface area contributed by atoms with E-state index < -0.39 is 10.0 Å². The Morgan fingerprint density at radius 3 is 2.77 bits per heavy atom. The number of hydrogen-bond acceptors (Lipinski definition) is 4. The van der Waals surface area contributed by atoms with Gasteiger partial charge in [-0.2, -0.15) is 4.31 Å². The minimum absolute atomic E-state index is 0.0559. The standard InChI is InChI=1S/C20H24N2O3S/c1-25-14-17-12-22(13-19(17)20-7-2-3-10-21-20)26(23,24)18-9-8-15-5-4-6-16(15)11-18/h2-3,7-11,17,19H,4-6,12-14H2,1H3/t17-,19+/m0/s1. The second-order valence-electron chi connectivity index (χ2n) is 7.18.